The standard InChI is InChI=1S/C52H39NO/c1-51(2)43-21-12-10-18-36(43)38-27-25-33(29-45(38)51)53(34-26-28-39-37-19-11-13-22-44(37)52(3,4)46(39)30-34)47-23-14-24-48-49(47)42-31-41(32-15-6-5-7-16-32)35-17-8-9-20-40(35)50(42)54-48/h5-31H,1-4H3. The van der Waals surface area contributed by atoms with Gasteiger partial charge in [-0.2, -0.15) is 0 Å². The Morgan fingerprint density at radius 3 is 1.57 bits per heavy atom. The molecule has 2 aliphatic rings. The fraction of sp³-hybridized carbons (Fsp3) is 0.115. The lowest BCUT2D eigenvalue weighted by Gasteiger charge is -2.30. The van der Waals surface area contributed by atoms with Crippen LogP contribution in [0.4, 0.5) is 17.1 Å². The first-order valence-electron chi connectivity index (χ1n) is 19.0. The predicted octanol–water partition coefficient (Wildman–Crippen LogP) is 14.5. The minimum Gasteiger partial charge on any atom is -0.455 e. The van der Waals surface area contributed by atoms with Crippen molar-refractivity contribution >= 4 is 49.8 Å². The van der Waals surface area contributed by atoms with Crippen LogP contribution in [0.1, 0.15) is 49.9 Å². The van der Waals surface area contributed by atoms with E-state index in [0.717, 1.165) is 44.4 Å². The second kappa shape index (κ2) is 11.1. The van der Waals surface area contributed by atoms with Crippen molar-refractivity contribution in [2.24, 2.45) is 0 Å². The average Bonchev–Trinajstić information content (AvgIpc) is 3.78. The molecule has 0 amide bonds. The Morgan fingerprint density at radius 1 is 0.407 bits per heavy atom. The van der Waals surface area contributed by atoms with Gasteiger partial charge in [0.25, 0.3) is 0 Å². The van der Waals surface area contributed by atoms with Crippen LogP contribution in [-0.2, 0) is 10.8 Å². The van der Waals surface area contributed by atoms with E-state index >= 15 is 0 Å². The van der Waals surface area contributed by atoms with Gasteiger partial charge in [0.2, 0.25) is 0 Å². The highest BCUT2D eigenvalue weighted by molar-refractivity contribution is 6.22. The zero-order chi connectivity index (χ0) is 36.3. The summed E-state index contributed by atoms with van der Waals surface area (Å²) < 4.78 is 6.89. The molecule has 1 aromatic heterocycles. The van der Waals surface area contributed by atoms with Crippen molar-refractivity contribution < 1.29 is 4.42 Å². The van der Waals surface area contributed by atoms with E-state index in [9.17, 15) is 0 Å². The van der Waals surface area contributed by atoms with Crippen molar-refractivity contribution in [3.05, 3.63) is 186 Å². The van der Waals surface area contributed by atoms with Crippen molar-refractivity contribution in [2.75, 3.05) is 4.90 Å². The largest absolute Gasteiger partial charge is 0.455 e. The van der Waals surface area contributed by atoms with Gasteiger partial charge in [-0.15, -0.1) is 0 Å². The highest BCUT2D eigenvalue weighted by atomic mass is 16.3. The van der Waals surface area contributed by atoms with Gasteiger partial charge < -0.3 is 9.32 Å². The zero-order valence-electron chi connectivity index (χ0n) is 30.9. The number of furan rings is 1. The molecule has 0 aliphatic heterocycles. The first-order chi connectivity index (χ1) is 26.3. The summed E-state index contributed by atoms with van der Waals surface area (Å²) in [6, 6.07) is 60.3. The smallest absolute Gasteiger partial charge is 0.143 e. The van der Waals surface area contributed by atoms with Crippen molar-refractivity contribution in [2.45, 2.75) is 38.5 Å². The monoisotopic (exact) mass is 693 g/mol. The first-order valence-corrected chi connectivity index (χ1v) is 19.0. The highest BCUT2D eigenvalue weighted by Crippen LogP contribution is 2.54. The number of anilines is 3. The fourth-order valence-corrected chi connectivity index (χ4v) is 9.76. The Kier molecular flexibility index (Phi) is 6.39. The molecule has 2 heteroatoms. The Hall–Kier alpha value is -6.38. The van der Waals surface area contributed by atoms with E-state index in [4.69, 9.17) is 4.42 Å². The van der Waals surface area contributed by atoms with E-state index in [1.54, 1.807) is 0 Å². The summed E-state index contributed by atoms with van der Waals surface area (Å²) in [5.41, 5.74) is 18.0. The van der Waals surface area contributed by atoms with E-state index in [1.807, 2.05) is 0 Å². The fourth-order valence-electron chi connectivity index (χ4n) is 9.76. The number of fused-ring (bicyclic) bond motifs is 11. The van der Waals surface area contributed by atoms with Gasteiger partial charge in [0.15, 0.2) is 0 Å². The number of hydrogen-bond acceptors (Lipinski definition) is 2. The molecular weight excluding hydrogens is 655 g/mol. The van der Waals surface area contributed by atoms with Gasteiger partial charge in [-0.3, -0.25) is 0 Å². The molecule has 0 unspecified atom stereocenters. The minimum atomic E-state index is -0.132. The van der Waals surface area contributed by atoms with E-state index in [-0.39, 0.29) is 10.8 Å². The lowest BCUT2D eigenvalue weighted by molar-refractivity contribution is 0.660. The number of hydrogen-bond donors (Lipinski definition) is 0. The van der Waals surface area contributed by atoms with Crippen LogP contribution in [0.2, 0.25) is 0 Å². The third kappa shape index (κ3) is 4.23. The van der Waals surface area contributed by atoms with Gasteiger partial charge in [0.05, 0.1) is 11.1 Å². The molecule has 0 bridgehead atoms. The van der Waals surface area contributed by atoms with Gasteiger partial charge in [-0.05, 0) is 103 Å². The number of nitrogens with zero attached hydrogens (tertiary/aromatic N) is 1. The second-order valence-corrected chi connectivity index (χ2v) is 16.1. The SMILES string of the molecule is CC1(C)c2ccccc2-c2ccc(N(c3ccc4c(c3)C(C)(C)c3ccccc3-4)c3cccc4oc5c6ccccc6c(-c6ccccc6)cc5c34)cc21. The van der Waals surface area contributed by atoms with Crippen molar-refractivity contribution in [3.63, 3.8) is 0 Å². The summed E-state index contributed by atoms with van der Waals surface area (Å²) in [6.07, 6.45) is 0. The molecule has 2 aliphatic carbocycles. The van der Waals surface area contributed by atoms with Crippen molar-refractivity contribution in [3.8, 4) is 33.4 Å². The maximum absolute atomic E-state index is 6.89. The Bertz CT molecular complexity index is 2890. The van der Waals surface area contributed by atoms with Gasteiger partial charge in [0.1, 0.15) is 11.2 Å². The first kappa shape index (κ1) is 31.2. The summed E-state index contributed by atoms with van der Waals surface area (Å²) in [6.45, 7) is 9.45. The van der Waals surface area contributed by atoms with Gasteiger partial charge >= 0.3 is 0 Å². The minimum absolute atomic E-state index is 0.132. The van der Waals surface area contributed by atoms with Gasteiger partial charge in [0, 0.05) is 33.0 Å². The van der Waals surface area contributed by atoms with E-state index in [1.165, 1.54) is 61.0 Å². The van der Waals surface area contributed by atoms with Crippen LogP contribution < -0.4 is 4.90 Å². The lowest BCUT2D eigenvalue weighted by atomic mass is 9.82. The molecule has 258 valence electrons. The Morgan fingerprint density at radius 2 is 0.944 bits per heavy atom. The van der Waals surface area contributed by atoms with Crippen LogP contribution in [0.25, 0.3) is 66.1 Å². The Balaban J connectivity index is 1.21. The summed E-state index contributed by atoms with van der Waals surface area (Å²) in [7, 11) is 0. The molecule has 11 rings (SSSR count). The van der Waals surface area contributed by atoms with E-state index < -0.39 is 0 Å². The second-order valence-electron chi connectivity index (χ2n) is 16.1. The maximum atomic E-state index is 6.89. The number of benzene rings is 8. The third-order valence-corrected chi connectivity index (χ3v) is 12.5. The topological polar surface area (TPSA) is 16.4 Å². The molecule has 0 fully saturated rings. The van der Waals surface area contributed by atoms with Crippen LogP contribution in [0.3, 0.4) is 0 Å². The molecule has 0 spiro atoms. The molecule has 0 radical (unpaired) electrons. The summed E-state index contributed by atoms with van der Waals surface area (Å²) >= 11 is 0. The van der Waals surface area contributed by atoms with E-state index in [2.05, 4.69) is 196 Å². The van der Waals surface area contributed by atoms with Crippen LogP contribution in [0.5, 0.6) is 0 Å². The molecular formula is C52H39NO. The zero-order valence-corrected chi connectivity index (χ0v) is 30.9. The maximum Gasteiger partial charge on any atom is 0.143 e. The number of rotatable bonds is 4. The Labute approximate surface area is 315 Å². The quantitative estimate of drug-likeness (QED) is 0.182. The molecule has 0 saturated heterocycles. The summed E-state index contributed by atoms with van der Waals surface area (Å²) in [4.78, 5) is 2.48. The molecule has 0 atom stereocenters. The molecule has 54 heavy (non-hydrogen) atoms. The predicted molar refractivity (Wildman–Crippen MR) is 226 cm³/mol. The molecule has 0 N–H and O–H groups in total. The molecule has 1 heterocycles. The highest BCUT2D eigenvalue weighted by Gasteiger charge is 2.38. The van der Waals surface area contributed by atoms with E-state index in [0.29, 0.717) is 0 Å². The van der Waals surface area contributed by atoms with Crippen molar-refractivity contribution in [1.29, 1.82) is 0 Å². The normalized spacial score (nSPS) is 14.6. The third-order valence-electron chi connectivity index (χ3n) is 12.5. The van der Waals surface area contributed by atoms with Crippen LogP contribution in [-0.4, -0.2) is 0 Å². The van der Waals surface area contributed by atoms with Crippen LogP contribution in [0.15, 0.2) is 168 Å². The molecule has 9 aromatic rings. The molecule has 8 aromatic carbocycles. The van der Waals surface area contributed by atoms with Gasteiger partial charge in [-0.25, -0.2) is 0 Å². The average molecular weight is 694 g/mol. The summed E-state index contributed by atoms with van der Waals surface area (Å²) in [5, 5.41) is 4.54. The summed E-state index contributed by atoms with van der Waals surface area (Å²) in [5.74, 6) is 0. The van der Waals surface area contributed by atoms with Gasteiger partial charge in [-0.1, -0.05) is 149 Å². The molecule has 0 saturated carbocycles. The van der Waals surface area contributed by atoms with Crippen LogP contribution >= 0.6 is 0 Å². The van der Waals surface area contributed by atoms with Crippen LogP contribution in [0, 0.1) is 0 Å². The molecule has 2 nitrogen and oxygen atoms in total. The lowest BCUT2D eigenvalue weighted by Crippen LogP contribution is -2.18. The van der Waals surface area contributed by atoms with Crippen molar-refractivity contribution in [1.82, 2.24) is 0 Å².